The van der Waals surface area contributed by atoms with Gasteiger partial charge in [0.15, 0.2) is 17.6 Å². The Morgan fingerprint density at radius 1 is 1.15 bits per heavy atom. The standard InChI is InChI=1S/C20H23NO6/c1-5-16(27-14-8-6-7-12(2)9-14)19(22)21-15-10-13(20(23)24)11-17(25-3)18(15)26-4/h6-11,16H,5H2,1-4H3,(H,21,22)(H,23,24). The van der Waals surface area contributed by atoms with Gasteiger partial charge in [-0.3, -0.25) is 4.79 Å². The number of aromatic carboxylic acids is 1. The van der Waals surface area contributed by atoms with Crippen LogP contribution in [0.4, 0.5) is 5.69 Å². The number of carbonyl (C=O) groups excluding carboxylic acids is 1. The zero-order valence-electron chi connectivity index (χ0n) is 15.7. The molecule has 2 aromatic carbocycles. The highest BCUT2D eigenvalue weighted by molar-refractivity contribution is 5.98. The molecule has 0 bridgehead atoms. The smallest absolute Gasteiger partial charge is 0.335 e. The molecule has 1 unspecified atom stereocenters. The van der Waals surface area contributed by atoms with Crippen LogP contribution in [0.2, 0.25) is 0 Å². The van der Waals surface area contributed by atoms with E-state index in [9.17, 15) is 14.7 Å². The van der Waals surface area contributed by atoms with Crippen LogP contribution in [0.3, 0.4) is 0 Å². The minimum absolute atomic E-state index is 0.0319. The van der Waals surface area contributed by atoms with E-state index in [0.29, 0.717) is 12.2 Å². The van der Waals surface area contributed by atoms with Gasteiger partial charge in [0.25, 0.3) is 5.91 Å². The van der Waals surface area contributed by atoms with Gasteiger partial charge in [-0.1, -0.05) is 19.1 Å². The summed E-state index contributed by atoms with van der Waals surface area (Å²) in [6, 6.07) is 10.0. The maximum atomic E-state index is 12.7. The Hall–Kier alpha value is -3.22. The van der Waals surface area contributed by atoms with Gasteiger partial charge in [-0.25, -0.2) is 4.79 Å². The van der Waals surface area contributed by atoms with Gasteiger partial charge in [0, 0.05) is 0 Å². The Bertz CT molecular complexity index is 833. The third kappa shape index (κ3) is 4.91. The summed E-state index contributed by atoms with van der Waals surface area (Å²) in [5.74, 6) is -0.529. The predicted molar refractivity (Wildman–Crippen MR) is 101 cm³/mol. The highest BCUT2D eigenvalue weighted by Crippen LogP contribution is 2.37. The largest absolute Gasteiger partial charge is 0.493 e. The number of rotatable bonds is 8. The van der Waals surface area contributed by atoms with Crippen LogP contribution in [0.1, 0.15) is 29.3 Å². The number of hydrogen-bond acceptors (Lipinski definition) is 5. The number of methoxy groups -OCH3 is 2. The van der Waals surface area contributed by atoms with Gasteiger partial charge in [0.05, 0.1) is 25.5 Å². The Kier molecular flexibility index (Phi) is 6.65. The van der Waals surface area contributed by atoms with Crippen molar-refractivity contribution in [1.82, 2.24) is 0 Å². The fourth-order valence-corrected chi connectivity index (χ4v) is 2.57. The lowest BCUT2D eigenvalue weighted by Crippen LogP contribution is -2.32. The molecule has 2 rings (SSSR count). The normalized spacial score (nSPS) is 11.4. The Labute approximate surface area is 157 Å². The van der Waals surface area contributed by atoms with Crippen molar-refractivity contribution >= 4 is 17.6 Å². The fourth-order valence-electron chi connectivity index (χ4n) is 2.57. The lowest BCUT2D eigenvalue weighted by atomic mass is 10.1. The highest BCUT2D eigenvalue weighted by Gasteiger charge is 2.23. The van der Waals surface area contributed by atoms with Crippen LogP contribution < -0.4 is 19.5 Å². The number of benzene rings is 2. The van der Waals surface area contributed by atoms with Crippen molar-refractivity contribution in [2.24, 2.45) is 0 Å². The molecule has 0 saturated carbocycles. The average molecular weight is 373 g/mol. The number of carboxylic acid groups (broad SMARTS) is 1. The zero-order valence-corrected chi connectivity index (χ0v) is 15.7. The number of carbonyl (C=O) groups is 2. The molecule has 7 heteroatoms. The van der Waals surface area contributed by atoms with Crippen LogP contribution in [0, 0.1) is 6.92 Å². The second-order valence-electron chi connectivity index (χ2n) is 5.88. The third-order valence-corrected chi connectivity index (χ3v) is 3.91. The minimum Gasteiger partial charge on any atom is -0.493 e. The molecule has 144 valence electrons. The van der Waals surface area contributed by atoms with Crippen LogP contribution in [0.25, 0.3) is 0 Å². The van der Waals surface area contributed by atoms with Gasteiger partial charge in [-0.05, 0) is 43.2 Å². The summed E-state index contributed by atoms with van der Waals surface area (Å²) >= 11 is 0. The molecule has 2 N–H and O–H groups in total. The first-order valence-electron chi connectivity index (χ1n) is 8.43. The van der Waals surface area contributed by atoms with E-state index < -0.39 is 18.0 Å². The van der Waals surface area contributed by atoms with Crippen molar-refractivity contribution in [1.29, 1.82) is 0 Å². The third-order valence-electron chi connectivity index (χ3n) is 3.91. The van der Waals surface area contributed by atoms with Crippen LogP contribution in [-0.2, 0) is 4.79 Å². The van der Waals surface area contributed by atoms with Gasteiger partial charge in [-0.2, -0.15) is 0 Å². The summed E-state index contributed by atoms with van der Waals surface area (Å²) in [7, 11) is 2.80. The van der Waals surface area contributed by atoms with E-state index in [2.05, 4.69) is 5.32 Å². The molecular weight excluding hydrogens is 350 g/mol. The van der Waals surface area contributed by atoms with Crippen LogP contribution in [0.15, 0.2) is 36.4 Å². The summed E-state index contributed by atoms with van der Waals surface area (Å²) in [6.07, 6.45) is -0.325. The molecule has 0 aliphatic carbocycles. The van der Waals surface area contributed by atoms with Gasteiger partial charge >= 0.3 is 5.97 Å². The summed E-state index contributed by atoms with van der Waals surface area (Å²) in [5.41, 5.74) is 1.18. The molecule has 0 radical (unpaired) electrons. The lowest BCUT2D eigenvalue weighted by Gasteiger charge is -2.19. The fraction of sp³-hybridized carbons (Fsp3) is 0.300. The van der Waals surface area contributed by atoms with E-state index in [-0.39, 0.29) is 22.7 Å². The van der Waals surface area contributed by atoms with E-state index in [1.807, 2.05) is 32.0 Å². The van der Waals surface area contributed by atoms with E-state index in [1.165, 1.54) is 26.4 Å². The zero-order chi connectivity index (χ0) is 20.0. The maximum absolute atomic E-state index is 12.7. The quantitative estimate of drug-likeness (QED) is 0.735. The number of aryl methyl sites for hydroxylation is 1. The first kappa shape index (κ1) is 20.1. The number of amides is 1. The molecule has 0 heterocycles. The van der Waals surface area contributed by atoms with Crippen molar-refractivity contribution in [3.05, 3.63) is 47.5 Å². The Balaban J connectivity index is 2.29. The van der Waals surface area contributed by atoms with E-state index >= 15 is 0 Å². The molecule has 1 atom stereocenters. The Morgan fingerprint density at radius 2 is 1.89 bits per heavy atom. The van der Waals surface area contributed by atoms with Gasteiger partial charge in [0.1, 0.15) is 5.75 Å². The number of hydrogen-bond donors (Lipinski definition) is 2. The first-order chi connectivity index (χ1) is 12.9. The predicted octanol–water partition coefficient (Wildman–Crippen LogP) is 3.51. The molecular formula is C20H23NO6. The molecule has 2 aromatic rings. The molecule has 0 aliphatic rings. The number of carboxylic acids is 1. The molecule has 0 spiro atoms. The average Bonchev–Trinajstić information content (AvgIpc) is 2.65. The monoisotopic (exact) mass is 373 g/mol. The second-order valence-corrected chi connectivity index (χ2v) is 5.88. The van der Waals surface area contributed by atoms with E-state index in [1.54, 1.807) is 6.07 Å². The highest BCUT2D eigenvalue weighted by atomic mass is 16.5. The Morgan fingerprint density at radius 3 is 2.44 bits per heavy atom. The van der Waals surface area contributed by atoms with E-state index in [4.69, 9.17) is 14.2 Å². The number of anilines is 1. The van der Waals surface area contributed by atoms with Gasteiger partial charge in [0.2, 0.25) is 0 Å². The molecule has 0 aliphatic heterocycles. The van der Waals surface area contributed by atoms with Crippen molar-refractivity contribution in [2.45, 2.75) is 26.4 Å². The van der Waals surface area contributed by atoms with Crippen LogP contribution >= 0.6 is 0 Å². The van der Waals surface area contributed by atoms with Gasteiger partial charge < -0.3 is 24.6 Å². The SMILES string of the molecule is CCC(Oc1cccc(C)c1)C(=O)Nc1cc(C(=O)O)cc(OC)c1OC. The van der Waals surface area contributed by atoms with Crippen molar-refractivity contribution in [3.8, 4) is 17.2 Å². The summed E-state index contributed by atoms with van der Waals surface area (Å²) in [4.78, 5) is 24.0. The minimum atomic E-state index is -1.14. The molecule has 0 fully saturated rings. The van der Waals surface area contributed by atoms with Crippen molar-refractivity contribution in [3.63, 3.8) is 0 Å². The first-order valence-corrected chi connectivity index (χ1v) is 8.43. The van der Waals surface area contributed by atoms with Crippen molar-refractivity contribution in [2.75, 3.05) is 19.5 Å². The number of ether oxygens (including phenoxy) is 3. The molecule has 0 saturated heterocycles. The maximum Gasteiger partial charge on any atom is 0.335 e. The lowest BCUT2D eigenvalue weighted by molar-refractivity contribution is -0.122. The molecule has 0 aromatic heterocycles. The van der Waals surface area contributed by atoms with Crippen LogP contribution in [-0.4, -0.2) is 37.3 Å². The van der Waals surface area contributed by atoms with Crippen LogP contribution in [0.5, 0.6) is 17.2 Å². The molecule has 1 amide bonds. The summed E-state index contributed by atoms with van der Waals surface area (Å²) < 4.78 is 16.2. The summed E-state index contributed by atoms with van der Waals surface area (Å²) in [5, 5.41) is 12.0. The molecule has 27 heavy (non-hydrogen) atoms. The molecule has 7 nitrogen and oxygen atoms in total. The number of nitrogens with one attached hydrogen (secondary N) is 1. The second kappa shape index (κ2) is 8.93. The summed E-state index contributed by atoms with van der Waals surface area (Å²) in [6.45, 7) is 3.76. The van der Waals surface area contributed by atoms with Gasteiger partial charge in [-0.15, -0.1) is 0 Å². The van der Waals surface area contributed by atoms with E-state index in [0.717, 1.165) is 5.56 Å². The topological polar surface area (TPSA) is 94.1 Å². The van der Waals surface area contributed by atoms with Crippen molar-refractivity contribution < 1.29 is 28.9 Å².